The summed E-state index contributed by atoms with van der Waals surface area (Å²) < 4.78 is 0. The summed E-state index contributed by atoms with van der Waals surface area (Å²) in [6.45, 7) is 0. The Hall–Kier alpha value is -0.630. The Morgan fingerprint density at radius 2 is 1.29 bits per heavy atom. The molecule has 0 aromatic heterocycles. The van der Waals surface area contributed by atoms with Crippen LogP contribution in [0.3, 0.4) is 0 Å². The van der Waals surface area contributed by atoms with Gasteiger partial charge in [-0.25, -0.2) is 4.79 Å². The van der Waals surface area contributed by atoms with E-state index >= 15 is 0 Å². The molecule has 0 aliphatic heterocycles. The fourth-order valence-electron chi connectivity index (χ4n) is 0.714. The van der Waals surface area contributed by atoms with Crippen molar-refractivity contribution in [3.63, 3.8) is 0 Å². The summed E-state index contributed by atoms with van der Waals surface area (Å²) in [5.74, 6) is -5.02. The van der Waals surface area contributed by atoms with Crippen molar-refractivity contribution in [2.24, 2.45) is 0 Å². The number of aliphatic hydroxyl groups is 1. The van der Waals surface area contributed by atoms with Crippen molar-refractivity contribution in [3.8, 4) is 0 Å². The zero-order valence-corrected chi connectivity index (χ0v) is 9.43. The van der Waals surface area contributed by atoms with Crippen molar-refractivity contribution < 1.29 is 67.2 Å². The van der Waals surface area contributed by atoms with Gasteiger partial charge in [-0.2, -0.15) is 0 Å². The number of hydrogen-bond acceptors (Lipinski definition) is 4. The fourth-order valence-corrected chi connectivity index (χ4v) is 0.714. The molecule has 78 valence electrons. The quantitative estimate of drug-likeness (QED) is 0.345. The third-order valence-electron chi connectivity index (χ3n) is 1.29. The molecule has 0 radical (unpaired) electrons. The second kappa shape index (κ2) is 5.97. The fraction of sp³-hybridized carbons (Fsp3) is 0.500. The van der Waals surface area contributed by atoms with Gasteiger partial charge in [0.2, 0.25) is 0 Å². The van der Waals surface area contributed by atoms with Gasteiger partial charge in [0.05, 0.1) is 12.8 Å². The van der Waals surface area contributed by atoms with Gasteiger partial charge in [0, 0.05) is 0 Å². The summed E-state index contributed by atoms with van der Waals surface area (Å²) in [6.07, 6.45) is -2.29. The van der Waals surface area contributed by atoms with Gasteiger partial charge in [-0.3, -0.25) is 9.59 Å². The minimum Gasteiger partial charge on any atom is -1.00 e. The van der Waals surface area contributed by atoms with Crippen LogP contribution in [0, 0.1) is 0 Å². The maximum absolute atomic E-state index is 10.3. The Labute approximate surface area is 104 Å². The van der Waals surface area contributed by atoms with Crippen molar-refractivity contribution in [2.45, 2.75) is 18.4 Å². The molecule has 0 saturated heterocycles. The zero-order chi connectivity index (χ0) is 10.6. The second-order valence-electron chi connectivity index (χ2n) is 2.48. The van der Waals surface area contributed by atoms with Crippen LogP contribution in [0.1, 0.15) is 15.7 Å². The minimum atomic E-state index is -2.74. The third kappa shape index (κ3) is 5.18. The molecule has 8 heteroatoms. The Bertz CT molecular complexity index is 241. The summed E-state index contributed by atoms with van der Waals surface area (Å²) in [5, 5.41) is 33.8. The first-order valence-electron chi connectivity index (χ1n) is 3.17. The summed E-state index contributed by atoms with van der Waals surface area (Å²) in [7, 11) is 0. The van der Waals surface area contributed by atoms with Crippen molar-refractivity contribution in [1.29, 1.82) is 0 Å². The first kappa shape index (κ1) is 15.8. The van der Waals surface area contributed by atoms with E-state index in [1.54, 1.807) is 0 Å². The summed E-state index contributed by atoms with van der Waals surface area (Å²) >= 11 is 0. The maximum Gasteiger partial charge on any atom is 1.00 e. The molecule has 14 heavy (non-hydrogen) atoms. The van der Waals surface area contributed by atoms with E-state index in [1.807, 2.05) is 0 Å². The van der Waals surface area contributed by atoms with E-state index < -0.39 is 36.4 Å². The monoisotopic (exact) mass is 217 g/mol. The molecule has 0 atom stereocenters. The summed E-state index contributed by atoms with van der Waals surface area (Å²) in [4.78, 5) is 30.5. The first-order valence-corrected chi connectivity index (χ1v) is 3.17. The Morgan fingerprint density at radius 1 is 1.00 bits per heavy atom. The van der Waals surface area contributed by atoms with Crippen molar-refractivity contribution in [2.75, 3.05) is 0 Å². The van der Waals surface area contributed by atoms with E-state index in [4.69, 9.17) is 20.4 Å². The standard InChI is InChI=1S/C6H8O7.Na.2H/c7-3(8)1-6(13,5(11)12)2-4(9)10;;;/h13H,1-2H2,(H,7,8)(H,9,10)(H,11,12);;;/q;+1;2*-1. The number of carboxylic acid groups (broad SMARTS) is 3. The van der Waals surface area contributed by atoms with Crippen LogP contribution >= 0.6 is 0 Å². The number of carbonyl (C=O) groups is 3. The van der Waals surface area contributed by atoms with Crippen molar-refractivity contribution in [1.82, 2.24) is 0 Å². The minimum absolute atomic E-state index is 0. The molecule has 0 saturated carbocycles. The largest absolute Gasteiger partial charge is 1.00 e. The van der Waals surface area contributed by atoms with Crippen LogP contribution in [0.2, 0.25) is 0 Å². The number of aliphatic carboxylic acids is 3. The van der Waals surface area contributed by atoms with Crippen LogP contribution in [0.25, 0.3) is 0 Å². The van der Waals surface area contributed by atoms with E-state index in [0.717, 1.165) is 0 Å². The zero-order valence-electron chi connectivity index (χ0n) is 9.43. The van der Waals surface area contributed by atoms with Crippen molar-refractivity contribution in [3.05, 3.63) is 0 Å². The van der Waals surface area contributed by atoms with Crippen LogP contribution in [0.15, 0.2) is 0 Å². The normalized spacial score (nSPS) is 10.1. The summed E-state index contributed by atoms with van der Waals surface area (Å²) in [5.41, 5.74) is -2.74. The maximum atomic E-state index is 10.3. The first-order chi connectivity index (χ1) is 5.78. The van der Waals surface area contributed by atoms with E-state index in [1.165, 1.54) is 0 Å². The Balaban J connectivity index is -0.000000240. The molecule has 0 fully saturated rings. The molecule has 7 nitrogen and oxygen atoms in total. The summed E-state index contributed by atoms with van der Waals surface area (Å²) in [6, 6.07) is 0. The molecular formula is C6H10NaO7-. The molecule has 0 bridgehead atoms. The predicted molar refractivity (Wildman–Crippen MR) is 39.3 cm³/mol. The van der Waals surface area contributed by atoms with Gasteiger partial charge in [0.1, 0.15) is 0 Å². The number of rotatable bonds is 5. The van der Waals surface area contributed by atoms with Crippen LogP contribution in [0.5, 0.6) is 0 Å². The molecule has 0 amide bonds. The number of carboxylic acids is 3. The van der Waals surface area contributed by atoms with E-state index in [9.17, 15) is 14.4 Å². The molecule has 0 aliphatic rings. The molecule has 4 N–H and O–H groups in total. The van der Waals surface area contributed by atoms with Gasteiger partial charge in [-0.15, -0.1) is 0 Å². The van der Waals surface area contributed by atoms with Crippen LogP contribution in [-0.4, -0.2) is 43.9 Å². The van der Waals surface area contributed by atoms with Crippen LogP contribution < -0.4 is 29.6 Å². The average molecular weight is 217 g/mol. The Morgan fingerprint density at radius 3 is 1.43 bits per heavy atom. The predicted octanol–water partition coefficient (Wildman–Crippen LogP) is -4.02. The van der Waals surface area contributed by atoms with Gasteiger partial charge >= 0.3 is 47.5 Å². The molecule has 0 aromatic carbocycles. The SMILES string of the molecule is O=C(O)CC(O)(CC(=O)O)C(=O)O.[H-].[H-].[Na+]. The van der Waals surface area contributed by atoms with Gasteiger partial charge in [-0.1, -0.05) is 0 Å². The molecule has 0 heterocycles. The Kier molecular flexibility index (Phi) is 6.75. The third-order valence-corrected chi connectivity index (χ3v) is 1.29. The molecule has 0 aromatic rings. The van der Waals surface area contributed by atoms with Gasteiger partial charge in [0.15, 0.2) is 5.60 Å². The molecule has 0 spiro atoms. The molecular weight excluding hydrogens is 207 g/mol. The van der Waals surface area contributed by atoms with E-state index in [-0.39, 0.29) is 32.4 Å². The van der Waals surface area contributed by atoms with Crippen molar-refractivity contribution >= 4 is 17.9 Å². The van der Waals surface area contributed by atoms with Gasteiger partial charge in [0.25, 0.3) is 0 Å². The van der Waals surface area contributed by atoms with Crippen LogP contribution in [-0.2, 0) is 14.4 Å². The molecule has 0 aliphatic carbocycles. The smallest absolute Gasteiger partial charge is 1.00 e. The topological polar surface area (TPSA) is 132 Å². The second-order valence-corrected chi connectivity index (χ2v) is 2.48. The number of hydrogen-bond donors (Lipinski definition) is 4. The van der Waals surface area contributed by atoms with Gasteiger partial charge < -0.3 is 23.3 Å². The van der Waals surface area contributed by atoms with Crippen LogP contribution in [0.4, 0.5) is 0 Å². The molecule has 0 unspecified atom stereocenters. The van der Waals surface area contributed by atoms with E-state index in [2.05, 4.69) is 0 Å². The average Bonchev–Trinajstić information content (AvgIpc) is 1.82. The molecule has 0 rings (SSSR count). The van der Waals surface area contributed by atoms with E-state index in [0.29, 0.717) is 0 Å². The van der Waals surface area contributed by atoms with Gasteiger partial charge in [-0.05, 0) is 0 Å².